The molecule has 0 spiro atoms. The minimum atomic E-state index is -1.12. The molecule has 0 aromatic heterocycles. The van der Waals surface area contributed by atoms with E-state index in [1.807, 2.05) is 0 Å². The molecule has 33 nitrogen and oxygen atoms in total. The normalized spacial score (nSPS) is 11.1. The molecule has 34 heteroatoms. The molecule has 2 rings (SSSR count). The van der Waals surface area contributed by atoms with Gasteiger partial charge < -0.3 is 75.6 Å². The molecule has 0 saturated carbocycles. The number of anilines is 2. The molecule has 0 fully saturated rings. The first-order valence-corrected chi connectivity index (χ1v) is 25.9. The Kier molecular flexibility index (Phi) is 45.9. The Labute approximate surface area is 500 Å². The second kappa shape index (κ2) is 48.7. The zero-order valence-corrected chi connectivity index (χ0v) is 49.3. The largest absolute Gasteiger partial charge is 1.00 e. The number of aliphatic carboxylic acids is 1. The fourth-order valence-corrected chi connectivity index (χ4v) is 6.43. The molecular formula is C49H77N10NaO23. The molecule has 83 heavy (non-hydrogen) atoms. The van der Waals surface area contributed by atoms with E-state index in [2.05, 4.69) is 36.6 Å². The molecule has 0 radical (unpaired) electrons. The van der Waals surface area contributed by atoms with Crippen LogP contribution in [0.4, 0.5) is 34.1 Å². The van der Waals surface area contributed by atoms with Crippen molar-refractivity contribution in [2.45, 2.75) is 65.2 Å². The monoisotopic (exact) mass is 1200 g/mol. The number of hydrogen-bond donors (Lipinski definition) is 7. The van der Waals surface area contributed by atoms with Crippen LogP contribution in [0.2, 0.25) is 0 Å². The predicted molar refractivity (Wildman–Crippen MR) is 290 cm³/mol. The van der Waals surface area contributed by atoms with Crippen LogP contribution in [0.15, 0.2) is 36.4 Å². The molecule has 2 aromatic carbocycles. The second-order valence-electron chi connectivity index (χ2n) is 17.4. The van der Waals surface area contributed by atoms with Crippen LogP contribution in [-0.2, 0) is 61.9 Å². The molecule has 0 aliphatic carbocycles. The molecule has 0 saturated heterocycles. The van der Waals surface area contributed by atoms with Gasteiger partial charge in [0.1, 0.15) is 24.5 Å². The fraction of sp³-hybridized carbons (Fsp3) is 0.633. The molecule has 462 valence electrons. The number of ether oxygens (including phenoxy) is 7. The average Bonchev–Trinajstić information content (AvgIpc) is 3.48. The minimum Gasteiger partial charge on any atom is -0.870 e. The Morgan fingerprint density at radius 1 is 0.494 bits per heavy atom. The van der Waals surface area contributed by atoms with Crippen LogP contribution in [0, 0.1) is 52.3 Å². The summed E-state index contributed by atoms with van der Waals surface area (Å²) in [6.45, 7) is 9.04. The minimum absolute atomic E-state index is 0. The van der Waals surface area contributed by atoms with Crippen LogP contribution in [0.1, 0.15) is 65.2 Å². The van der Waals surface area contributed by atoms with Crippen LogP contribution >= 0.6 is 0 Å². The van der Waals surface area contributed by atoms with Gasteiger partial charge in [0.05, 0.1) is 91.8 Å². The molecule has 8 N–H and O–H groups in total. The van der Waals surface area contributed by atoms with E-state index in [1.54, 1.807) is 13.8 Å². The number of non-ortho nitro benzene ring substituents is 2. The number of rotatable bonds is 46. The molecule has 0 bridgehead atoms. The van der Waals surface area contributed by atoms with Gasteiger partial charge in [-0.2, -0.15) is 0 Å². The number of carboxylic acid groups (broad SMARTS) is 1. The van der Waals surface area contributed by atoms with Crippen LogP contribution in [0.3, 0.4) is 0 Å². The standard InChI is InChI=1S/C25H39N5O11.C24H37N5O11.Na.H2O/c1-19(25(33)28-18-24(32)38-2)5-8-23(31)27-10-4-12-40-14-16-41-15-13-39-11-3-9-26-21-7-6-20(29(34)35)17-22(21)30(36)37;1-18(24(33)27-17-23(31)32)4-7-22(30)26-9-3-11-39-13-15-40-14-12-38-10-2-8-25-20-6-5-19(28(34)35)16-21(20)29(36)37;;/h6-7,17,19,26H,3-5,8-16,18H2,1-2H3,(H,27,31)(H,28,33);5-6,16,18,25H,2-4,7-15,17H2,1H3,(H,26,30)(H,27,33)(H,31,32);;1H2/q;;+1;/p-1/t19-;18-;;/m00../s1. The Hall–Kier alpha value is -6.82. The molecule has 0 aliphatic heterocycles. The van der Waals surface area contributed by atoms with E-state index in [1.165, 1.54) is 31.4 Å². The van der Waals surface area contributed by atoms with E-state index in [-0.39, 0.29) is 106 Å². The predicted octanol–water partition coefficient (Wildman–Crippen LogP) is -0.128. The zero-order valence-electron chi connectivity index (χ0n) is 47.3. The number of carbonyl (C=O) groups excluding carboxylic acids is 5. The van der Waals surface area contributed by atoms with Crippen molar-refractivity contribution in [1.29, 1.82) is 0 Å². The molecular weight excluding hydrogens is 1120 g/mol. The molecule has 0 heterocycles. The Morgan fingerprint density at radius 3 is 1.13 bits per heavy atom. The van der Waals surface area contributed by atoms with Gasteiger partial charge in [0.2, 0.25) is 23.6 Å². The summed E-state index contributed by atoms with van der Waals surface area (Å²) in [7, 11) is 1.24. The van der Waals surface area contributed by atoms with Crippen molar-refractivity contribution in [1.82, 2.24) is 21.3 Å². The fourth-order valence-electron chi connectivity index (χ4n) is 6.43. The first-order chi connectivity index (χ1) is 38.8. The summed E-state index contributed by atoms with van der Waals surface area (Å²) in [6, 6.07) is 6.87. The maximum Gasteiger partial charge on any atom is 1.00 e. The maximum atomic E-state index is 11.9. The summed E-state index contributed by atoms with van der Waals surface area (Å²) in [6.07, 6.45) is 3.41. The number of hydrogen-bond acceptors (Lipinski definition) is 24. The summed E-state index contributed by atoms with van der Waals surface area (Å²) in [5, 5.41) is 68.4. The topological polar surface area (TPSA) is 462 Å². The summed E-state index contributed by atoms with van der Waals surface area (Å²) in [4.78, 5) is 110. The number of nitro groups is 4. The van der Waals surface area contributed by atoms with Gasteiger partial charge >= 0.3 is 41.5 Å². The van der Waals surface area contributed by atoms with E-state index < -0.39 is 55.9 Å². The zero-order chi connectivity index (χ0) is 60.2. The summed E-state index contributed by atoms with van der Waals surface area (Å²) >= 11 is 0. The second-order valence-corrected chi connectivity index (χ2v) is 17.4. The molecule has 2 aromatic rings. The summed E-state index contributed by atoms with van der Waals surface area (Å²) < 4.78 is 37.0. The van der Waals surface area contributed by atoms with E-state index in [4.69, 9.17) is 33.5 Å². The van der Waals surface area contributed by atoms with Crippen LogP contribution in [0.5, 0.6) is 0 Å². The first kappa shape index (κ1) is 78.2. The van der Waals surface area contributed by atoms with E-state index in [9.17, 15) is 69.2 Å². The van der Waals surface area contributed by atoms with E-state index in [0.717, 1.165) is 12.1 Å². The van der Waals surface area contributed by atoms with Gasteiger partial charge in [0.25, 0.3) is 22.7 Å². The van der Waals surface area contributed by atoms with Crippen molar-refractivity contribution >= 4 is 69.7 Å². The van der Waals surface area contributed by atoms with Crippen LogP contribution in [0.25, 0.3) is 0 Å². The molecule has 4 amide bonds. The van der Waals surface area contributed by atoms with Crippen molar-refractivity contribution in [2.75, 3.05) is 136 Å². The molecule has 2 atom stereocenters. The van der Waals surface area contributed by atoms with E-state index in [0.29, 0.717) is 144 Å². The number of nitrogens with one attached hydrogen (secondary N) is 6. The number of benzene rings is 2. The Balaban J connectivity index is 0. The Bertz CT molecular complexity index is 2290. The first-order valence-electron chi connectivity index (χ1n) is 25.9. The smallest absolute Gasteiger partial charge is 0.870 e. The quantitative estimate of drug-likeness (QED) is 0.0149. The van der Waals surface area contributed by atoms with Crippen molar-refractivity contribution < 1.29 is 122 Å². The van der Waals surface area contributed by atoms with Gasteiger partial charge in [-0.3, -0.25) is 69.2 Å². The Morgan fingerprint density at radius 2 is 0.819 bits per heavy atom. The number of carboxylic acids is 1. The van der Waals surface area contributed by atoms with Gasteiger partial charge in [-0.05, 0) is 50.7 Å². The number of carbonyl (C=O) groups is 6. The third-order valence-electron chi connectivity index (χ3n) is 11.0. The van der Waals surface area contributed by atoms with Crippen LogP contribution < -0.4 is 61.5 Å². The summed E-state index contributed by atoms with van der Waals surface area (Å²) in [5.41, 5.74) is -1.00. The van der Waals surface area contributed by atoms with Gasteiger partial charge in [0, 0.05) is 89.4 Å². The summed E-state index contributed by atoms with van der Waals surface area (Å²) in [5.74, 6) is -3.59. The van der Waals surface area contributed by atoms with Gasteiger partial charge in [-0.25, -0.2) is 0 Å². The average molecular weight is 1200 g/mol. The third kappa shape index (κ3) is 39.3. The number of amides is 4. The van der Waals surface area contributed by atoms with Gasteiger partial charge in [-0.1, -0.05) is 13.8 Å². The van der Waals surface area contributed by atoms with Crippen molar-refractivity contribution in [2.24, 2.45) is 11.8 Å². The van der Waals surface area contributed by atoms with Crippen molar-refractivity contribution in [3.63, 3.8) is 0 Å². The number of esters is 1. The third-order valence-corrected chi connectivity index (χ3v) is 11.0. The van der Waals surface area contributed by atoms with Gasteiger partial charge in [0.15, 0.2) is 0 Å². The van der Waals surface area contributed by atoms with Crippen LogP contribution in [-0.4, -0.2) is 192 Å². The van der Waals surface area contributed by atoms with Crippen molar-refractivity contribution in [3.05, 3.63) is 76.9 Å². The van der Waals surface area contributed by atoms with Crippen molar-refractivity contribution in [3.8, 4) is 0 Å². The van der Waals surface area contributed by atoms with E-state index >= 15 is 0 Å². The number of nitro benzene ring substituents is 4. The molecule has 0 unspecified atom stereocenters. The number of methoxy groups -OCH3 is 1. The maximum absolute atomic E-state index is 11.9. The number of nitrogens with zero attached hydrogens (tertiary/aromatic N) is 4. The van der Waals surface area contributed by atoms with Gasteiger partial charge in [-0.15, -0.1) is 0 Å². The molecule has 0 aliphatic rings. The SMILES string of the molecule is COC(=O)CNC(=O)[C@@H](C)CCC(=O)NCCCOCCOCCOCCCNc1ccc([N+](=O)[O-])cc1[N+](=O)[O-].C[C@@H](CCC(=O)NCCCOCCOCCOCCCNc1ccc([N+](=O)[O-])cc1[N+](=O)[O-])C(=O)NCC(=O)O.[Na+].[OH-].